The van der Waals surface area contributed by atoms with Crippen molar-refractivity contribution in [1.82, 2.24) is 25.0 Å². The van der Waals surface area contributed by atoms with E-state index in [4.69, 9.17) is 0 Å². The van der Waals surface area contributed by atoms with Crippen LogP contribution >= 0.6 is 0 Å². The van der Waals surface area contributed by atoms with Crippen molar-refractivity contribution in [2.24, 2.45) is 7.05 Å². The molecule has 21 heavy (non-hydrogen) atoms. The predicted molar refractivity (Wildman–Crippen MR) is 81.9 cm³/mol. The summed E-state index contributed by atoms with van der Waals surface area (Å²) in [6, 6.07) is 2.27. The van der Waals surface area contributed by atoms with E-state index in [-0.39, 0.29) is 0 Å². The molecule has 5 heteroatoms. The van der Waals surface area contributed by atoms with Crippen molar-refractivity contribution in [2.45, 2.75) is 38.0 Å². The first-order valence-corrected chi connectivity index (χ1v) is 7.64. The fourth-order valence-electron chi connectivity index (χ4n) is 3.35. The van der Waals surface area contributed by atoms with Crippen LogP contribution in [0.5, 0.6) is 0 Å². The summed E-state index contributed by atoms with van der Waals surface area (Å²) in [6.07, 6.45) is 12.5. The first kappa shape index (κ1) is 12.6. The standard InChI is InChI=1S/C16H19N5/c1-21-10-13(9-18-21)15-14-7-12(8-17-16(14)20-19-15)11-5-3-2-4-6-11/h7-11H,2-6H2,1H3,(H,17,19,20). The maximum Gasteiger partial charge on any atom is 0.181 e. The van der Waals surface area contributed by atoms with Crippen LogP contribution in [-0.4, -0.2) is 25.0 Å². The quantitative estimate of drug-likeness (QED) is 0.783. The number of aromatic nitrogens is 5. The van der Waals surface area contributed by atoms with Gasteiger partial charge in [0.05, 0.1) is 11.9 Å². The van der Waals surface area contributed by atoms with Crippen molar-refractivity contribution in [3.05, 3.63) is 30.2 Å². The minimum atomic E-state index is 0.660. The molecule has 0 atom stereocenters. The van der Waals surface area contributed by atoms with Gasteiger partial charge >= 0.3 is 0 Å². The third kappa shape index (κ3) is 2.22. The number of aryl methyl sites for hydroxylation is 1. The number of aromatic amines is 1. The highest BCUT2D eigenvalue weighted by molar-refractivity contribution is 5.90. The van der Waals surface area contributed by atoms with Gasteiger partial charge in [-0.15, -0.1) is 0 Å². The van der Waals surface area contributed by atoms with Crippen molar-refractivity contribution in [2.75, 3.05) is 0 Å². The summed E-state index contributed by atoms with van der Waals surface area (Å²) in [6.45, 7) is 0. The number of nitrogens with one attached hydrogen (secondary N) is 1. The number of fused-ring (bicyclic) bond motifs is 1. The molecule has 4 rings (SSSR count). The van der Waals surface area contributed by atoms with E-state index in [2.05, 4.69) is 26.3 Å². The summed E-state index contributed by atoms with van der Waals surface area (Å²) in [5, 5.41) is 12.8. The average Bonchev–Trinajstić information content (AvgIpc) is 3.13. The Bertz CT molecular complexity index is 764. The second kappa shape index (κ2) is 4.98. The molecule has 0 bridgehead atoms. The Kier molecular flexibility index (Phi) is 2.98. The minimum Gasteiger partial charge on any atom is -0.275 e. The van der Waals surface area contributed by atoms with Gasteiger partial charge in [-0.25, -0.2) is 4.98 Å². The summed E-state index contributed by atoms with van der Waals surface area (Å²) in [7, 11) is 1.92. The highest BCUT2D eigenvalue weighted by Crippen LogP contribution is 2.34. The van der Waals surface area contributed by atoms with Gasteiger partial charge in [-0.2, -0.15) is 10.2 Å². The van der Waals surface area contributed by atoms with Crippen LogP contribution in [0.1, 0.15) is 43.6 Å². The van der Waals surface area contributed by atoms with E-state index in [9.17, 15) is 0 Å². The van der Waals surface area contributed by atoms with Gasteiger partial charge in [-0.1, -0.05) is 19.3 Å². The summed E-state index contributed by atoms with van der Waals surface area (Å²) in [5.41, 5.74) is 4.22. The van der Waals surface area contributed by atoms with Crippen LogP contribution in [0.25, 0.3) is 22.3 Å². The fourth-order valence-corrected chi connectivity index (χ4v) is 3.35. The van der Waals surface area contributed by atoms with Crippen LogP contribution in [0.4, 0.5) is 0 Å². The maximum absolute atomic E-state index is 4.54. The molecular formula is C16H19N5. The average molecular weight is 281 g/mol. The molecule has 0 aromatic carbocycles. The lowest BCUT2D eigenvalue weighted by molar-refractivity contribution is 0.443. The molecular weight excluding hydrogens is 262 g/mol. The van der Waals surface area contributed by atoms with E-state index >= 15 is 0 Å². The molecule has 5 nitrogen and oxygen atoms in total. The Morgan fingerprint density at radius 2 is 2.05 bits per heavy atom. The summed E-state index contributed by atoms with van der Waals surface area (Å²) in [4.78, 5) is 4.54. The van der Waals surface area contributed by atoms with E-state index in [0.717, 1.165) is 22.3 Å². The van der Waals surface area contributed by atoms with Gasteiger partial charge in [0.25, 0.3) is 0 Å². The Balaban J connectivity index is 1.78. The van der Waals surface area contributed by atoms with Crippen molar-refractivity contribution in [1.29, 1.82) is 0 Å². The summed E-state index contributed by atoms with van der Waals surface area (Å²) >= 11 is 0. The molecule has 3 heterocycles. The lowest BCUT2D eigenvalue weighted by Gasteiger charge is -2.21. The molecule has 0 radical (unpaired) electrons. The maximum atomic E-state index is 4.54. The van der Waals surface area contributed by atoms with Gasteiger partial charge in [0.1, 0.15) is 0 Å². The van der Waals surface area contributed by atoms with Crippen molar-refractivity contribution in [3.63, 3.8) is 0 Å². The van der Waals surface area contributed by atoms with E-state index in [1.54, 1.807) is 4.68 Å². The second-order valence-electron chi connectivity index (χ2n) is 5.98. The van der Waals surface area contributed by atoms with Crippen LogP contribution in [0.15, 0.2) is 24.7 Å². The summed E-state index contributed by atoms with van der Waals surface area (Å²) in [5.74, 6) is 0.660. The largest absolute Gasteiger partial charge is 0.275 e. The zero-order valence-electron chi connectivity index (χ0n) is 12.2. The summed E-state index contributed by atoms with van der Waals surface area (Å²) < 4.78 is 1.81. The van der Waals surface area contributed by atoms with Crippen LogP contribution in [0.2, 0.25) is 0 Å². The fraction of sp³-hybridized carbons (Fsp3) is 0.438. The number of hydrogen-bond donors (Lipinski definition) is 1. The van der Waals surface area contributed by atoms with Crippen molar-refractivity contribution >= 4 is 11.0 Å². The van der Waals surface area contributed by atoms with E-state index < -0.39 is 0 Å². The van der Waals surface area contributed by atoms with Gasteiger partial charge in [0, 0.05) is 30.4 Å². The van der Waals surface area contributed by atoms with Gasteiger partial charge in [0.2, 0.25) is 0 Å². The molecule has 0 saturated heterocycles. The Morgan fingerprint density at radius 1 is 1.19 bits per heavy atom. The topological polar surface area (TPSA) is 59.4 Å². The zero-order valence-corrected chi connectivity index (χ0v) is 12.2. The van der Waals surface area contributed by atoms with Crippen LogP contribution in [-0.2, 0) is 7.05 Å². The molecule has 3 aromatic rings. The molecule has 1 saturated carbocycles. The molecule has 108 valence electrons. The second-order valence-corrected chi connectivity index (χ2v) is 5.98. The lowest BCUT2D eigenvalue weighted by atomic mass is 9.84. The molecule has 0 spiro atoms. The molecule has 0 aliphatic heterocycles. The van der Waals surface area contributed by atoms with E-state index in [1.165, 1.54) is 37.7 Å². The van der Waals surface area contributed by atoms with Crippen LogP contribution in [0.3, 0.4) is 0 Å². The number of rotatable bonds is 2. The Morgan fingerprint density at radius 3 is 2.81 bits per heavy atom. The van der Waals surface area contributed by atoms with Gasteiger partial charge in [-0.3, -0.25) is 9.78 Å². The highest BCUT2D eigenvalue weighted by atomic mass is 15.2. The van der Waals surface area contributed by atoms with Crippen LogP contribution < -0.4 is 0 Å². The molecule has 1 aliphatic rings. The monoisotopic (exact) mass is 281 g/mol. The third-order valence-corrected chi connectivity index (χ3v) is 4.50. The van der Waals surface area contributed by atoms with E-state index in [0.29, 0.717) is 5.92 Å². The van der Waals surface area contributed by atoms with Gasteiger partial charge in [-0.05, 0) is 30.4 Å². The molecule has 0 amide bonds. The van der Waals surface area contributed by atoms with E-state index in [1.807, 2.05) is 25.6 Å². The lowest BCUT2D eigenvalue weighted by Crippen LogP contribution is -2.04. The minimum absolute atomic E-state index is 0.660. The normalized spacial score (nSPS) is 16.6. The molecule has 1 aliphatic carbocycles. The first-order valence-electron chi connectivity index (χ1n) is 7.64. The number of H-pyrrole nitrogens is 1. The molecule has 1 N–H and O–H groups in total. The molecule has 3 aromatic heterocycles. The van der Waals surface area contributed by atoms with Gasteiger partial charge in [0.15, 0.2) is 5.65 Å². The third-order valence-electron chi connectivity index (χ3n) is 4.50. The number of hydrogen-bond acceptors (Lipinski definition) is 3. The first-order chi connectivity index (χ1) is 10.3. The number of pyridine rings is 1. The Labute approximate surface area is 123 Å². The smallest absolute Gasteiger partial charge is 0.181 e. The molecule has 0 unspecified atom stereocenters. The Hall–Kier alpha value is -2.17. The SMILES string of the molecule is Cn1cc(-c2[nH]nc3ncc(C4CCCCC4)cc23)cn1. The van der Waals surface area contributed by atoms with Gasteiger partial charge < -0.3 is 0 Å². The predicted octanol–water partition coefficient (Wildman–Crippen LogP) is 3.41. The van der Waals surface area contributed by atoms with Crippen LogP contribution in [0, 0.1) is 0 Å². The molecule has 1 fully saturated rings. The highest BCUT2D eigenvalue weighted by Gasteiger charge is 2.18. The van der Waals surface area contributed by atoms with Crippen molar-refractivity contribution < 1.29 is 0 Å². The zero-order chi connectivity index (χ0) is 14.2. The van der Waals surface area contributed by atoms with Crippen molar-refractivity contribution in [3.8, 4) is 11.3 Å². The number of nitrogens with zero attached hydrogens (tertiary/aromatic N) is 4.